The van der Waals surface area contributed by atoms with E-state index in [9.17, 15) is 14.9 Å². The zero-order valence-corrected chi connectivity index (χ0v) is 12.3. The first kappa shape index (κ1) is 15.2. The molecule has 7 nitrogen and oxygen atoms in total. The molecule has 1 unspecified atom stereocenters. The first-order valence-corrected chi connectivity index (χ1v) is 6.98. The summed E-state index contributed by atoms with van der Waals surface area (Å²) in [4.78, 5) is 25.1. The third kappa shape index (κ3) is 3.30. The molecule has 0 bridgehead atoms. The van der Waals surface area contributed by atoms with Crippen LogP contribution in [-0.2, 0) is 0 Å². The highest BCUT2D eigenvalue weighted by Crippen LogP contribution is 2.28. The van der Waals surface area contributed by atoms with E-state index in [2.05, 4.69) is 15.5 Å². The number of nitrogens with zero attached hydrogens (tertiary/aromatic N) is 2. The molecule has 0 aliphatic carbocycles. The second kappa shape index (κ2) is 6.53. The fourth-order valence-electron chi connectivity index (χ4n) is 2.67. The number of carbonyl (C=O) groups is 1. The van der Waals surface area contributed by atoms with Crippen molar-refractivity contribution in [3.63, 3.8) is 0 Å². The van der Waals surface area contributed by atoms with Gasteiger partial charge in [0.05, 0.1) is 4.92 Å². The van der Waals surface area contributed by atoms with Gasteiger partial charge in [0.15, 0.2) is 0 Å². The number of hydrogen-bond acceptors (Lipinski definition) is 5. The molecule has 2 N–H and O–H groups in total. The largest absolute Gasteiger partial charge is 0.383 e. The maximum absolute atomic E-state index is 12.2. The van der Waals surface area contributed by atoms with Gasteiger partial charge in [-0.05, 0) is 38.6 Å². The number of nitro benzene ring substituents is 1. The lowest BCUT2D eigenvalue weighted by Crippen LogP contribution is -2.38. The van der Waals surface area contributed by atoms with Crippen LogP contribution in [0.15, 0.2) is 18.2 Å². The van der Waals surface area contributed by atoms with E-state index in [1.165, 1.54) is 6.07 Å². The topological polar surface area (TPSA) is 87.5 Å². The molecule has 0 radical (unpaired) electrons. The SMILES string of the molecule is CNc1cccc(C(=O)NCC2CCCN2C)c1[N+](=O)[O-]. The summed E-state index contributed by atoms with van der Waals surface area (Å²) < 4.78 is 0. The maximum atomic E-state index is 12.2. The Morgan fingerprint density at radius 3 is 2.86 bits per heavy atom. The number of anilines is 1. The number of para-hydroxylation sites is 1. The summed E-state index contributed by atoms with van der Waals surface area (Å²) in [5, 5.41) is 16.7. The van der Waals surface area contributed by atoms with Crippen molar-refractivity contribution >= 4 is 17.3 Å². The van der Waals surface area contributed by atoms with E-state index in [0.29, 0.717) is 18.3 Å². The Labute approximate surface area is 123 Å². The highest BCUT2D eigenvalue weighted by Gasteiger charge is 2.26. The maximum Gasteiger partial charge on any atom is 0.305 e. The van der Waals surface area contributed by atoms with Crippen LogP contribution in [0.25, 0.3) is 0 Å². The molecule has 2 rings (SSSR count). The smallest absolute Gasteiger partial charge is 0.305 e. The first-order chi connectivity index (χ1) is 10.0. The van der Waals surface area contributed by atoms with Gasteiger partial charge in [-0.2, -0.15) is 0 Å². The zero-order chi connectivity index (χ0) is 15.4. The van der Waals surface area contributed by atoms with Gasteiger partial charge in [0, 0.05) is 19.6 Å². The van der Waals surface area contributed by atoms with E-state index in [1.807, 2.05) is 7.05 Å². The number of likely N-dealkylation sites (N-methyl/N-ethyl adjacent to an activating group) is 1. The molecular formula is C14H20N4O3. The average molecular weight is 292 g/mol. The van der Waals surface area contributed by atoms with E-state index in [-0.39, 0.29) is 11.3 Å². The number of likely N-dealkylation sites (tertiary alicyclic amines) is 1. The number of nitro groups is 1. The Morgan fingerprint density at radius 1 is 1.52 bits per heavy atom. The van der Waals surface area contributed by atoms with Gasteiger partial charge in [0.25, 0.3) is 5.91 Å². The number of nitrogens with one attached hydrogen (secondary N) is 2. The van der Waals surface area contributed by atoms with Crippen molar-refractivity contribution in [3.8, 4) is 0 Å². The van der Waals surface area contributed by atoms with Crippen LogP contribution < -0.4 is 10.6 Å². The van der Waals surface area contributed by atoms with Crippen LogP contribution >= 0.6 is 0 Å². The molecule has 1 fully saturated rings. The Morgan fingerprint density at radius 2 is 2.29 bits per heavy atom. The molecule has 1 atom stereocenters. The fraction of sp³-hybridized carbons (Fsp3) is 0.500. The van der Waals surface area contributed by atoms with Crippen molar-refractivity contribution in [2.75, 3.05) is 32.5 Å². The molecule has 0 aromatic heterocycles. The summed E-state index contributed by atoms with van der Waals surface area (Å²) in [6.45, 7) is 1.53. The molecule has 1 aromatic rings. The lowest BCUT2D eigenvalue weighted by atomic mass is 10.1. The summed E-state index contributed by atoms with van der Waals surface area (Å²) in [7, 11) is 3.62. The molecule has 1 heterocycles. The Bertz CT molecular complexity index is 547. The summed E-state index contributed by atoms with van der Waals surface area (Å²) in [5.74, 6) is -0.404. The Kier molecular flexibility index (Phi) is 4.74. The first-order valence-electron chi connectivity index (χ1n) is 6.98. The summed E-state index contributed by atoms with van der Waals surface area (Å²) >= 11 is 0. The molecule has 0 spiro atoms. The van der Waals surface area contributed by atoms with Crippen LogP contribution in [0.5, 0.6) is 0 Å². The zero-order valence-electron chi connectivity index (χ0n) is 12.3. The number of amides is 1. The van der Waals surface area contributed by atoms with Crippen LogP contribution in [0.4, 0.5) is 11.4 Å². The normalized spacial score (nSPS) is 18.5. The van der Waals surface area contributed by atoms with Crippen LogP contribution in [0.2, 0.25) is 0 Å². The van der Waals surface area contributed by atoms with Gasteiger partial charge in [-0.1, -0.05) is 6.07 Å². The van der Waals surface area contributed by atoms with Gasteiger partial charge in [-0.15, -0.1) is 0 Å². The molecule has 1 saturated heterocycles. The van der Waals surface area contributed by atoms with Crippen molar-refractivity contribution in [1.29, 1.82) is 0 Å². The van der Waals surface area contributed by atoms with E-state index in [1.54, 1.807) is 19.2 Å². The highest BCUT2D eigenvalue weighted by molar-refractivity contribution is 6.00. The van der Waals surface area contributed by atoms with Gasteiger partial charge in [0.2, 0.25) is 0 Å². The van der Waals surface area contributed by atoms with Crippen molar-refractivity contribution in [2.45, 2.75) is 18.9 Å². The van der Waals surface area contributed by atoms with Crippen molar-refractivity contribution < 1.29 is 9.72 Å². The summed E-state index contributed by atoms with van der Waals surface area (Å²) in [5.41, 5.74) is 0.246. The fourth-order valence-corrected chi connectivity index (χ4v) is 2.67. The number of rotatable bonds is 5. The van der Waals surface area contributed by atoms with Gasteiger partial charge in [0.1, 0.15) is 11.3 Å². The molecule has 1 aliphatic rings. The monoisotopic (exact) mass is 292 g/mol. The van der Waals surface area contributed by atoms with Crippen molar-refractivity contribution in [2.24, 2.45) is 0 Å². The number of benzene rings is 1. The van der Waals surface area contributed by atoms with Crippen LogP contribution in [0, 0.1) is 10.1 Å². The van der Waals surface area contributed by atoms with E-state index < -0.39 is 10.8 Å². The van der Waals surface area contributed by atoms with Crippen LogP contribution in [-0.4, -0.2) is 49.0 Å². The minimum atomic E-state index is -0.525. The van der Waals surface area contributed by atoms with Crippen LogP contribution in [0.1, 0.15) is 23.2 Å². The number of hydrogen-bond donors (Lipinski definition) is 2. The third-order valence-electron chi connectivity index (χ3n) is 3.90. The van der Waals surface area contributed by atoms with Crippen molar-refractivity contribution in [1.82, 2.24) is 10.2 Å². The molecule has 21 heavy (non-hydrogen) atoms. The standard InChI is InChI=1S/C14H20N4O3/c1-15-12-7-3-6-11(13(12)18(20)21)14(19)16-9-10-5-4-8-17(10)2/h3,6-7,10,15H,4-5,8-9H2,1-2H3,(H,16,19). The molecular weight excluding hydrogens is 272 g/mol. The third-order valence-corrected chi connectivity index (χ3v) is 3.90. The Balaban J connectivity index is 2.13. The predicted octanol–water partition coefficient (Wildman–Crippen LogP) is 1.46. The predicted molar refractivity (Wildman–Crippen MR) is 80.6 cm³/mol. The van der Waals surface area contributed by atoms with E-state index >= 15 is 0 Å². The molecule has 1 aromatic carbocycles. The minimum Gasteiger partial charge on any atom is -0.383 e. The van der Waals surface area contributed by atoms with E-state index in [0.717, 1.165) is 19.4 Å². The summed E-state index contributed by atoms with van der Waals surface area (Å²) in [6, 6.07) is 5.00. The second-order valence-electron chi connectivity index (χ2n) is 5.20. The van der Waals surface area contributed by atoms with Gasteiger partial charge in [-0.25, -0.2) is 0 Å². The molecule has 1 aliphatic heterocycles. The van der Waals surface area contributed by atoms with E-state index in [4.69, 9.17) is 0 Å². The van der Waals surface area contributed by atoms with Gasteiger partial charge < -0.3 is 15.5 Å². The molecule has 114 valence electrons. The lowest BCUT2D eigenvalue weighted by Gasteiger charge is -2.19. The van der Waals surface area contributed by atoms with Gasteiger partial charge >= 0.3 is 5.69 Å². The quantitative estimate of drug-likeness (QED) is 0.633. The molecule has 1 amide bonds. The molecule has 7 heteroatoms. The number of carbonyl (C=O) groups excluding carboxylic acids is 1. The lowest BCUT2D eigenvalue weighted by molar-refractivity contribution is -0.384. The highest BCUT2D eigenvalue weighted by atomic mass is 16.6. The Hall–Kier alpha value is -2.15. The van der Waals surface area contributed by atoms with Crippen LogP contribution in [0.3, 0.4) is 0 Å². The second-order valence-corrected chi connectivity index (χ2v) is 5.20. The minimum absolute atomic E-state index is 0.0903. The van der Waals surface area contributed by atoms with Gasteiger partial charge in [-0.3, -0.25) is 14.9 Å². The van der Waals surface area contributed by atoms with Crippen molar-refractivity contribution in [3.05, 3.63) is 33.9 Å². The average Bonchev–Trinajstić information content (AvgIpc) is 2.89. The summed E-state index contributed by atoms with van der Waals surface area (Å²) in [6.07, 6.45) is 2.15. The molecule has 0 saturated carbocycles.